The summed E-state index contributed by atoms with van der Waals surface area (Å²) in [6.07, 6.45) is 2.21. The standard InChI is InChI=1S/C10H12Cl2N2O/c11-7-3-9(12)10(13-4-7)6-14-2-1-8(15)5-14/h3-4,8,15H,1-2,5-6H2/t8-/m0/s1. The molecule has 1 N–H and O–H groups in total. The Morgan fingerprint density at radius 3 is 2.93 bits per heavy atom. The Kier molecular flexibility index (Phi) is 3.46. The normalized spacial score (nSPS) is 22.2. The van der Waals surface area contributed by atoms with Crippen LogP contribution in [0.1, 0.15) is 12.1 Å². The first-order chi connectivity index (χ1) is 7.15. The molecular formula is C10H12Cl2N2O. The Morgan fingerprint density at radius 1 is 1.53 bits per heavy atom. The smallest absolute Gasteiger partial charge is 0.0730 e. The minimum Gasteiger partial charge on any atom is -0.392 e. The average Bonchev–Trinajstić information content (AvgIpc) is 2.56. The number of halogens is 2. The van der Waals surface area contributed by atoms with Crippen LogP contribution < -0.4 is 0 Å². The van der Waals surface area contributed by atoms with E-state index in [1.807, 2.05) is 0 Å². The second-order valence-corrected chi connectivity index (χ2v) is 4.60. The van der Waals surface area contributed by atoms with Gasteiger partial charge in [0.25, 0.3) is 0 Å². The lowest BCUT2D eigenvalue weighted by molar-refractivity contribution is 0.174. The van der Waals surface area contributed by atoms with Crippen molar-refractivity contribution < 1.29 is 5.11 Å². The minimum atomic E-state index is -0.212. The molecule has 1 aromatic heterocycles. The van der Waals surface area contributed by atoms with Crippen LogP contribution in [0.15, 0.2) is 12.3 Å². The third kappa shape index (κ3) is 2.82. The molecule has 82 valence electrons. The lowest BCUT2D eigenvalue weighted by atomic mass is 10.3. The van der Waals surface area contributed by atoms with E-state index in [-0.39, 0.29) is 6.10 Å². The van der Waals surface area contributed by atoms with Gasteiger partial charge in [-0.05, 0) is 12.5 Å². The van der Waals surface area contributed by atoms with Gasteiger partial charge >= 0.3 is 0 Å². The van der Waals surface area contributed by atoms with Crippen LogP contribution in [0.5, 0.6) is 0 Å². The van der Waals surface area contributed by atoms with Crippen LogP contribution >= 0.6 is 23.2 Å². The van der Waals surface area contributed by atoms with E-state index in [4.69, 9.17) is 23.2 Å². The summed E-state index contributed by atoms with van der Waals surface area (Å²) in [5, 5.41) is 10.5. The summed E-state index contributed by atoms with van der Waals surface area (Å²) in [6, 6.07) is 1.69. The molecule has 1 fully saturated rings. The van der Waals surface area contributed by atoms with Crippen LogP contribution in [0.4, 0.5) is 0 Å². The van der Waals surface area contributed by atoms with Crippen molar-refractivity contribution >= 4 is 23.2 Å². The molecule has 0 spiro atoms. The van der Waals surface area contributed by atoms with E-state index in [2.05, 4.69) is 9.88 Å². The molecule has 2 rings (SSSR count). The van der Waals surface area contributed by atoms with Crippen molar-refractivity contribution in [1.82, 2.24) is 9.88 Å². The van der Waals surface area contributed by atoms with Gasteiger partial charge in [0.05, 0.1) is 21.8 Å². The van der Waals surface area contributed by atoms with Crippen molar-refractivity contribution in [3.63, 3.8) is 0 Å². The van der Waals surface area contributed by atoms with E-state index in [9.17, 15) is 5.11 Å². The maximum Gasteiger partial charge on any atom is 0.0730 e. The summed E-state index contributed by atoms with van der Waals surface area (Å²) in [7, 11) is 0. The zero-order valence-corrected chi connectivity index (χ0v) is 9.67. The Morgan fingerprint density at radius 2 is 2.33 bits per heavy atom. The van der Waals surface area contributed by atoms with Gasteiger partial charge in [0.1, 0.15) is 0 Å². The molecule has 1 aliphatic rings. The van der Waals surface area contributed by atoms with E-state index in [0.29, 0.717) is 23.1 Å². The molecule has 0 aliphatic carbocycles. The van der Waals surface area contributed by atoms with E-state index in [1.54, 1.807) is 12.3 Å². The predicted molar refractivity (Wildman–Crippen MR) is 60.2 cm³/mol. The monoisotopic (exact) mass is 246 g/mol. The Labute approximate surface area is 98.6 Å². The number of nitrogens with zero attached hydrogens (tertiary/aromatic N) is 2. The number of likely N-dealkylation sites (tertiary alicyclic amines) is 1. The molecule has 0 unspecified atom stereocenters. The van der Waals surface area contributed by atoms with E-state index in [0.717, 1.165) is 18.7 Å². The Balaban J connectivity index is 2.04. The fraction of sp³-hybridized carbons (Fsp3) is 0.500. The van der Waals surface area contributed by atoms with Gasteiger partial charge < -0.3 is 5.11 Å². The molecular weight excluding hydrogens is 235 g/mol. The van der Waals surface area contributed by atoms with Gasteiger partial charge in [-0.15, -0.1) is 0 Å². The van der Waals surface area contributed by atoms with Gasteiger partial charge in [0, 0.05) is 25.8 Å². The largest absolute Gasteiger partial charge is 0.392 e. The highest BCUT2D eigenvalue weighted by Crippen LogP contribution is 2.21. The van der Waals surface area contributed by atoms with Crippen molar-refractivity contribution in [1.29, 1.82) is 0 Å². The SMILES string of the molecule is O[C@H]1CCN(Cc2ncc(Cl)cc2Cl)C1. The lowest BCUT2D eigenvalue weighted by Gasteiger charge is -2.14. The summed E-state index contributed by atoms with van der Waals surface area (Å²) in [5.74, 6) is 0. The number of hydrogen-bond acceptors (Lipinski definition) is 3. The number of pyridine rings is 1. The molecule has 3 nitrogen and oxygen atoms in total. The second-order valence-electron chi connectivity index (χ2n) is 3.76. The first-order valence-corrected chi connectivity index (χ1v) is 5.61. The van der Waals surface area contributed by atoms with Crippen LogP contribution in [-0.4, -0.2) is 34.2 Å². The van der Waals surface area contributed by atoms with Gasteiger partial charge in [-0.3, -0.25) is 9.88 Å². The highest BCUT2D eigenvalue weighted by Gasteiger charge is 2.21. The molecule has 0 aromatic carbocycles. The van der Waals surface area contributed by atoms with Crippen molar-refractivity contribution in [3.05, 3.63) is 28.0 Å². The van der Waals surface area contributed by atoms with Gasteiger partial charge in [-0.1, -0.05) is 23.2 Å². The maximum absolute atomic E-state index is 9.37. The fourth-order valence-corrected chi connectivity index (χ4v) is 2.17. The molecule has 1 saturated heterocycles. The summed E-state index contributed by atoms with van der Waals surface area (Å²) in [4.78, 5) is 6.31. The van der Waals surface area contributed by atoms with E-state index in [1.165, 1.54) is 0 Å². The van der Waals surface area contributed by atoms with Gasteiger partial charge in [0.2, 0.25) is 0 Å². The van der Waals surface area contributed by atoms with Crippen molar-refractivity contribution in [3.8, 4) is 0 Å². The lowest BCUT2D eigenvalue weighted by Crippen LogP contribution is -2.22. The molecule has 2 heterocycles. The molecule has 5 heteroatoms. The van der Waals surface area contributed by atoms with Crippen LogP contribution in [-0.2, 0) is 6.54 Å². The highest BCUT2D eigenvalue weighted by atomic mass is 35.5. The van der Waals surface area contributed by atoms with Gasteiger partial charge in [-0.25, -0.2) is 0 Å². The third-order valence-electron chi connectivity index (χ3n) is 2.50. The summed E-state index contributed by atoms with van der Waals surface area (Å²) < 4.78 is 0. The topological polar surface area (TPSA) is 36.4 Å². The molecule has 1 atom stereocenters. The highest BCUT2D eigenvalue weighted by molar-refractivity contribution is 6.34. The van der Waals surface area contributed by atoms with E-state index >= 15 is 0 Å². The minimum absolute atomic E-state index is 0.212. The van der Waals surface area contributed by atoms with Crippen molar-refractivity contribution in [2.24, 2.45) is 0 Å². The van der Waals surface area contributed by atoms with Crippen molar-refractivity contribution in [2.75, 3.05) is 13.1 Å². The number of hydrogen-bond donors (Lipinski definition) is 1. The average molecular weight is 247 g/mol. The molecule has 0 bridgehead atoms. The van der Waals surface area contributed by atoms with Gasteiger partial charge in [0.15, 0.2) is 0 Å². The van der Waals surface area contributed by atoms with Crippen molar-refractivity contribution in [2.45, 2.75) is 19.1 Å². The molecule has 1 aliphatic heterocycles. The maximum atomic E-state index is 9.37. The molecule has 15 heavy (non-hydrogen) atoms. The fourth-order valence-electron chi connectivity index (χ4n) is 1.73. The number of aliphatic hydroxyl groups is 1. The quantitative estimate of drug-likeness (QED) is 0.867. The number of β-amino-alcohol motifs (C(OH)–C–C–N with tert-alkyl or cyclic N) is 1. The van der Waals surface area contributed by atoms with Gasteiger partial charge in [-0.2, -0.15) is 0 Å². The molecule has 0 amide bonds. The molecule has 0 radical (unpaired) electrons. The Bertz CT molecular complexity index is 359. The second kappa shape index (κ2) is 4.66. The first-order valence-electron chi connectivity index (χ1n) is 4.85. The number of rotatable bonds is 2. The number of aromatic nitrogens is 1. The Hall–Kier alpha value is -0.350. The van der Waals surface area contributed by atoms with Crippen LogP contribution in [0, 0.1) is 0 Å². The molecule has 0 saturated carbocycles. The summed E-state index contributed by atoms with van der Waals surface area (Å²) in [5.41, 5.74) is 0.815. The van der Waals surface area contributed by atoms with Crippen LogP contribution in [0.25, 0.3) is 0 Å². The third-order valence-corrected chi connectivity index (χ3v) is 3.04. The first kappa shape index (κ1) is 11.1. The van der Waals surface area contributed by atoms with Crippen LogP contribution in [0.2, 0.25) is 10.0 Å². The van der Waals surface area contributed by atoms with E-state index < -0.39 is 0 Å². The molecule has 1 aromatic rings. The predicted octanol–water partition coefficient (Wildman–Crippen LogP) is 1.96. The zero-order chi connectivity index (χ0) is 10.8. The zero-order valence-electron chi connectivity index (χ0n) is 8.16. The summed E-state index contributed by atoms with van der Waals surface area (Å²) in [6.45, 7) is 2.26. The van der Waals surface area contributed by atoms with Crippen LogP contribution in [0.3, 0.4) is 0 Å². The number of aliphatic hydroxyl groups excluding tert-OH is 1. The summed E-state index contributed by atoms with van der Waals surface area (Å²) >= 11 is 11.8.